The first kappa shape index (κ1) is 23.5. The van der Waals surface area contributed by atoms with Crippen LogP contribution in [0.2, 0.25) is 0 Å². The van der Waals surface area contributed by atoms with Crippen molar-refractivity contribution in [1.29, 1.82) is 0 Å². The molecule has 0 aromatic heterocycles. The van der Waals surface area contributed by atoms with Gasteiger partial charge >= 0.3 is 5.97 Å². The van der Waals surface area contributed by atoms with E-state index < -0.39 is 5.97 Å². The van der Waals surface area contributed by atoms with E-state index in [0.29, 0.717) is 30.4 Å². The normalized spacial score (nSPS) is 11.5. The van der Waals surface area contributed by atoms with Crippen LogP contribution in [-0.2, 0) is 0 Å². The van der Waals surface area contributed by atoms with Crippen molar-refractivity contribution >= 4 is 5.97 Å². The molecule has 0 aliphatic heterocycles. The van der Waals surface area contributed by atoms with Crippen molar-refractivity contribution in [2.45, 2.75) is 52.4 Å². The molecule has 0 saturated heterocycles. The number of hydrogen-bond donors (Lipinski definition) is 0. The van der Waals surface area contributed by atoms with Crippen molar-refractivity contribution in [3.05, 3.63) is 66.7 Å². The molecule has 0 radical (unpaired) electrons. The van der Waals surface area contributed by atoms with Crippen LogP contribution in [0, 0.1) is 5.92 Å². The summed E-state index contributed by atoms with van der Waals surface area (Å²) in [7, 11) is 0. The van der Waals surface area contributed by atoms with E-state index in [0.717, 1.165) is 37.2 Å². The third kappa shape index (κ3) is 8.73. The molecule has 0 heterocycles. The lowest BCUT2D eigenvalue weighted by Gasteiger charge is -2.11. The van der Waals surface area contributed by atoms with Crippen LogP contribution >= 0.6 is 0 Å². The Bertz CT molecular complexity index is 750. The smallest absolute Gasteiger partial charge is 0.343 e. The van der Waals surface area contributed by atoms with Crippen LogP contribution in [0.3, 0.4) is 0 Å². The summed E-state index contributed by atoms with van der Waals surface area (Å²) in [5.41, 5.74) is 0.490. The Kier molecular flexibility index (Phi) is 10.6. The molecule has 2 rings (SSSR count). The highest BCUT2D eigenvalue weighted by Gasteiger charge is 2.09. The van der Waals surface area contributed by atoms with Crippen molar-refractivity contribution < 1.29 is 19.0 Å². The van der Waals surface area contributed by atoms with Gasteiger partial charge in [0.15, 0.2) is 0 Å². The molecule has 1 atom stereocenters. The van der Waals surface area contributed by atoms with Crippen molar-refractivity contribution in [2.75, 3.05) is 13.2 Å². The molecular weight excluding hydrogens is 376 g/mol. The summed E-state index contributed by atoms with van der Waals surface area (Å²) < 4.78 is 16.9. The number of hydrogen-bond acceptors (Lipinski definition) is 4. The van der Waals surface area contributed by atoms with Crippen LogP contribution in [-0.4, -0.2) is 19.2 Å². The SMILES string of the molecule is C=CCCCCCCOc1ccc(C(=O)Oc2ccc(OCC(C)CC)cc2)cc1. The van der Waals surface area contributed by atoms with Gasteiger partial charge in [-0.15, -0.1) is 6.58 Å². The Morgan fingerprint density at radius 3 is 2.17 bits per heavy atom. The van der Waals surface area contributed by atoms with Crippen molar-refractivity contribution in [3.63, 3.8) is 0 Å². The average molecular weight is 411 g/mol. The molecule has 0 amide bonds. The molecule has 4 nitrogen and oxygen atoms in total. The number of esters is 1. The van der Waals surface area contributed by atoms with E-state index in [4.69, 9.17) is 14.2 Å². The minimum absolute atomic E-state index is 0.392. The molecule has 0 fully saturated rings. The predicted molar refractivity (Wildman–Crippen MR) is 122 cm³/mol. The summed E-state index contributed by atoms with van der Waals surface area (Å²) in [6.07, 6.45) is 8.68. The zero-order chi connectivity index (χ0) is 21.6. The lowest BCUT2D eigenvalue weighted by molar-refractivity contribution is 0.0734. The van der Waals surface area contributed by atoms with Crippen LogP contribution in [0.5, 0.6) is 17.2 Å². The second-order valence-corrected chi connectivity index (χ2v) is 7.55. The molecule has 0 spiro atoms. The highest BCUT2D eigenvalue weighted by molar-refractivity contribution is 5.91. The lowest BCUT2D eigenvalue weighted by Crippen LogP contribution is -2.09. The van der Waals surface area contributed by atoms with E-state index in [9.17, 15) is 4.79 Å². The van der Waals surface area contributed by atoms with E-state index >= 15 is 0 Å². The van der Waals surface area contributed by atoms with Crippen molar-refractivity contribution in [2.24, 2.45) is 5.92 Å². The van der Waals surface area contributed by atoms with Gasteiger partial charge in [0, 0.05) is 0 Å². The Morgan fingerprint density at radius 2 is 1.50 bits per heavy atom. The average Bonchev–Trinajstić information content (AvgIpc) is 2.78. The molecule has 0 bridgehead atoms. The zero-order valence-corrected chi connectivity index (χ0v) is 18.3. The summed E-state index contributed by atoms with van der Waals surface area (Å²) >= 11 is 0. The van der Waals surface area contributed by atoms with Gasteiger partial charge in [0.2, 0.25) is 0 Å². The first-order valence-corrected chi connectivity index (χ1v) is 10.9. The number of rotatable bonds is 14. The molecule has 2 aromatic carbocycles. The highest BCUT2D eigenvalue weighted by atomic mass is 16.5. The van der Waals surface area contributed by atoms with Crippen molar-refractivity contribution in [3.8, 4) is 17.2 Å². The molecule has 4 heteroatoms. The summed E-state index contributed by atoms with van der Waals surface area (Å²) in [6.45, 7) is 9.39. The summed E-state index contributed by atoms with van der Waals surface area (Å²) in [4.78, 5) is 12.3. The molecule has 0 aliphatic carbocycles. The van der Waals surface area contributed by atoms with E-state index in [2.05, 4.69) is 20.4 Å². The van der Waals surface area contributed by atoms with Gasteiger partial charge in [-0.1, -0.05) is 39.2 Å². The number of allylic oxidation sites excluding steroid dienone is 1. The molecule has 1 unspecified atom stereocenters. The van der Waals surface area contributed by atoms with E-state index in [1.54, 1.807) is 36.4 Å². The van der Waals surface area contributed by atoms with Crippen molar-refractivity contribution in [1.82, 2.24) is 0 Å². The highest BCUT2D eigenvalue weighted by Crippen LogP contribution is 2.20. The molecule has 2 aromatic rings. The molecule has 0 saturated carbocycles. The van der Waals surface area contributed by atoms with Crippen LogP contribution in [0.4, 0.5) is 0 Å². The number of carbonyl (C=O) groups excluding carboxylic acids is 1. The maximum atomic E-state index is 12.3. The number of unbranched alkanes of at least 4 members (excludes halogenated alkanes) is 4. The number of ether oxygens (including phenoxy) is 3. The Balaban J connectivity index is 1.74. The monoisotopic (exact) mass is 410 g/mol. The third-order valence-electron chi connectivity index (χ3n) is 4.93. The number of carbonyl (C=O) groups is 1. The van der Waals surface area contributed by atoms with Gasteiger partial charge in [0.1, 0.15) is 17.2 Å². The first-order valence-electron chi connectivity index (χ1n) is 10.9. The van der Waals surface area contributed by atoms with Gasteiger partial charge in [0.25, 0.3) is 0 Å². The third-order valence-corrected chi connectivity index (χ3v) is 4.93. The Labute approximate surface area is 180 Å². The molecule has 30 heavy (non-hydrogen) atoms. The molecular formula is C26H34O4. The quantitative estimate of drug-likeness (QED) is 0.148. The molecule has 162 valence electrons. The van der Waals surface area contributed by atoms with Crippen LogP contribution in [0.15, 0.2) is 61.2 Å². The van der Waals surface area contributed by atoms with Gasteiger partial charge in [-0.3, -0.25) is 0 Å². The Hall–Kier alpha value is -2.75. The summed E-state index contributed by atoms with van der Waals surface area (Å²) in [5, 5.41) is 0. The van der Waals surface area contributed by atoms with Gasteiger partial charge < -0.3 is 14.2 Å². The van der Waals surface area contributed by atoms with E-state index in [-0.39, 0.29) is 0 Å². The second kappa shape index (κ2) is 13.5. The van der Waals surface area contributed by atoms with Crippen LogP contribution in [0.25, 0.3) is 0 Å². The second-order valence-electron chi connectivity index (χ2n) is 7.55. The largest absolute Gasteiger partial charge is 0.494 e. The van der Waals surface area contributed by atoms with Gasteiger partial charge in [-0.2, -0.15) is 0 Å². The lowest BCUT2D eigenvalue weighted by atomic mass is 10.1. The van der Waals surface area contributed by atoms with Gasteiger partial charge in [0.05, 0.1) is 18.8 Å². The number of benzene rings is 2. The maximum absolute atomic E-state index is 12.3. The zero-order valence-electron chi connectivity index (χ0n) is 18.3. The van der Waals surface area contributed by atoms with E-state index in [1.807, 2.05) is 18.2 Å². The fourth-order valence-electron chi connectivity index (χ4n) is 2.75. The topological polar surface area (TPSA) is 44.8 Å². The minimum atomic E-state index is -0.392. The molecule has 0 aliphatic rings. The fraction of sp³-hybridized carbons (Fsp3) is 0.423. The fourth-order valence-corrected chi connectivity index (χ4v) is 2.75. The van der Waals surface area contributed by atoms with Crippen LogP contribution in [0.1, 0.15) is 62.7 Å². The first-order chi connectivity index (χ1) is 14.6. The van der Waals surface area contributed by atoms with Gasteiger partial charge in [-0.25, -0.2) is 4.79 Å². The summed E-state index contributed by atoms with van der Waals surface area (Å²) in [6, 6.07) is 14.2. The maximum Gasteiger partial charge on any atom is 0.343 e. The van der Waals surface area contributed by atoms with E-state index in [1.165, 1.54) is 12.8 Å². The molecule has 0 N–H and O–H groups in total. The Morgan fingerprint density at radius 1 is 0.900 bits per heavy atom. The standard InChI is InChI=1S/C26H34O4/c1-4-6-7-8-9-10-19-28-23-13-11-22(12-14-23)26(27)30-25-17-15-24(16-18-25)29-20-21(3)5-2/h4,11-18,21H,1,5-10,19-20H2,2-3H3. The predicted octanol–water partition coefficient (Wildman–Crippen LogP) is 6.85. The minimum Gasteiger partial charge on any atom is -0.494 e. The summed E-state index contributed by atoms with van der Waals surface area (Å²) in [5.74, 6) is 2.15. The van der Waals surface area contributed by atoms with Gasteiger partial charge in [-0.05, 0) is 73.7 Å². The van der Waals surface area contributed by atoms with Crippen LogP contribution < -0.4 is 14.2 Å².